The molecule has 0 aromatic heterocycles. The van der Waals surface area contributed by atoms with Crippen LogP contribution in [0, 0.1) is 0 Å². The first kappa shape index (κ1) is 99.4. The molecule has 23 rings (SSSR count). The molecule has 146 heavy (non-hydrogen) atoms. The number of aromatic hydroxyl groups is 4. The fourth-order valence-electron chi connectivity index (χ4n) is 21.1. The van der Waals surface area contributed by atoms with Crippen molar-refractivity contribution in [2.24, 2.45) is 20.0 Å². The number of hydrogen-bond donors (Lipinski definition) is 6. The number of benzene rings is 20. The van der Waals surface area contributed by atoms with E-state index in [1.54, 1.807) is 0 Å². The van der Waals surface area contributed by atoms with Gasteiger partial charge in [-0.05, 0) is 216 Å². The van der Waals surface area contributed by atoms with Gasteiger partial charge in [-0.2, -0.15) is 0 Å². The van der Waals surface area contributed by atoms with E-state index in [1.165, 1.54) is 22.3 Å². The maximum absolute atomic E-state index is 12.8. The molecule has 0 bridgehead atoms. The second-order valence-corrected chi connectivity index (χ2v) is 36.8. The molecule has 716 valence electrons. The number of aliphatic carboxylic acids is 2. The van der Waals surface area contributed by atoms with E-state index in [0.29, 0.717) is 22.3 Å². The first-order valence-corrected chi connectivity index (χ1v) is 49.1. The van der Waals surface area contributed by atoms with Gasteiger partial charge < -0.3 is 30.6 Å². The summed E-state index contributed by atoms with van der Waals surface area (Å²) in [6.07, 6.45) is 23.6. The number of rotatable bonds is 19. The number of phenolic OH excluding ortho intramolecular Hbond substituents is 4. The zero-order valence-corrected chi connectivity index (χ0v) is 83.1. The first-order valence-electron chi connectivity index (χ1n) is 49.1. The molecule has 4 unspecified atom stereocenters. The van der Waals surface area contributed by atoms with Crippen LogP contribution in [0.3, 0.4) is 0 Å². The Morgan fingerprint density at radius 3 is 0.801 bits per heavy atom. The fraction of sp³-hybridized carbons (Fsp3) is 0.106. The topological polar surface area (TPSA) is 205 Å². The largest absolute Gasteiger partial charge is 0.507 e. The van der Waals surface area contributed by atoms with Crippen LogP contribution in [0.2, 0.25) is 0 Å². The van der Waals surface area contributed by atoms with Gasteiger partial charge in [-0.15, -0.1) is 0 Å². The van der Waals surface area contributed by atoms with Gasteiger partial charge in [0.15, 0.2) is 0 Å². The quantitative estimate of drug-likeness (QED) is 0.0260. The molecular weight excluding hydrogens is 1880 g/mol. The maximum atomic E-state index is 12.8. The Balaban J connectivity index is 0.000000177. The molecule has 4 atom stereocenters. The van der Waals surface area contributed by atoms with E-state index in [-0.39, 0.29) is 69.2 Å². The van der Waals surface area contributed by atoms with Gasteiger partial charge in [-0.25, -0.2) is 0 Å². The monoisotopic (exact) mass is 1980 g/mol. The van der Waals surface area contributed by atoms with Crippen LogP contribution in [-0.2, 0) is 69.4 Å². The van der Waals surface area contributed by atoms with E-state index in [2.05, 4.69) is 328 Å². The van der Waals surface area contributed by atoms with Gasteiger partial charge in [-0.3, -0.25) is 29.6 Å². The molecule has 0 spiro atoms. The minimum absolute atomic E-state index is 0. The van der Waals surface area contributed by atoms with Gasteiger partial charge in [0.2, 0.25) is 0 Å². The van der Waals surface area contributed by atoms with Gasteiger partial charge >= 0.3 is 0 Å². The number of carbonyl (C=O) groups is 2. The molecule has 0 heterocycles. The molecule has 0 amide bonds. The summed E-state index contributed by atoms with van der Waals surface area (Å²) in [5, 5.41) is 77.8. The third kappa shape index (κ3) is 21.1. The van der Waals surface area contributed by atoms with Crippen LogP contribution in [0.25, 0.3) is 154 Å². The van der Waals surface area contributed by atoms with Crippen molar-refractivity contribution in [2.75, 3.05) is 0 Å². The van der Waals surface area contributed by atoms with Crippen molar-refractivity contribution in [1.82, 2.24) is 0 Å². The summed E-state index contributed by atoms with van der Waals surface area (Å²) in [4.78, 5) is 39.4. The van der Waals surface area contributed by atoms with Crippen molar-refractivity contribution in [2.45, 2.75) is 89.4 Å². The van der Waals surface area contributed by atoms with Crippen LogP contribution in [0.15, 0.2) is 445 Å². The molecule has 0 aliphatic heterocycles. The Bertz CT molecular complexity index is 8400. The van der Waals surface area contributed by atoms with Crippen molar-refractivity contribution in [3.05, 3.63) is 480 Å². The molecular formula is C132H106Mn2N4O8. The second-order valence-electron chi connectivity index (χ2n) is 36.8. The van der Waals surface area contributed by atoms with Gasteiger partial charge in [-0.1, -0.05) is 413 Å². The van der Waals surface area contributed by atoms with E-state index in [4.69, 9.17) is 39.8 Å². The standard InChI is InChI=1S/C68H50N2O2.C60H48N2O2.2C2H4O2.2Mn/c71-67-53(41-51-31-15-19-35-57(51)63(67)61-55-33-17-13-25-47(55)37-39-59(61)45-21-5-1-6-22-45)43-69-65(49-27-9-3-10-28-49)66(50-29-11-4-12-30-50)70-44-54-42-52-32-16-20-36-58(52)64(68(54)72)62-56-34-18-14-26-48(56)38-40-60(62)46-23-7-2-8-24-46;63-59-45(35-43-23-9-13-27-49(43)57(59)55-47-25-11-7-21-41(47)31-33-51(55)39-17-3-1-4-18-39)37-61-53-29-15-16-30-54(53)62-38-46-36-44-24-10-14-28-50(44)58(60(46)64)56-48-26-12-8-22-42(48)32-34-52(56)40-19-5-2-6-20-40;2*1-2(3)4;;/h1-25,27-33,35-44,65-66,71-72H,26,34H2;1-14,17-21,23-25,27-28,31-38,53-54,63-64H,15-16,22,26,29-30H2;2*1H3,(H,3,4);;. The average molecular weight is 1990 g/mol. The molecule has 20 aromatic rings. The van der Waals surface area contributed by atoms with E-state index >= 15 is 0 Å². The number of fused-ring (bicyclic) bond motifs is 8. The van der Waals surface area contributed by atoms with Crippen molar-refractivity contribution in [1.29, 1.82) is 0 Å². The van der Waals surface area contributed by atoms with E-state index in [9.17, 15) is 20.4 Å². The molecule has 2 radical (unpaired) electrons. The smallest absolute Gasteiger partial charge is 0.300 e. The van der Waals surface area contributed by atoms with Crippen molar-refractivity contribution in [3.8, 4) is 112 Å². The number of nitrogens with zero attached hydrogens (tertiary/aromatic N) is 4. The summed E-state index contributed by atoms with van der Waals surface area (Å²) in [5.41, 5.74) is 25.6. The summed E-state index contributed by atoms with van der Waals surface area (Å²) in [7, 11) is 0. The number of carboxylic acids is 2. The Kier molecular flexibility index (Phi) is 31.1. The zero-order valence-electron chi connectivity index (χ0n) is 80.7. The molecule has 6 N–H and O–H groups in total. The van der Waals surface area contributed by atoms with E-state index in [0.717, 1.165) is 230 Å². The van der Waals surface area contributed by atoms with Crippen molar-refractivity contribution in [3.63, 3.8) is 0 Å². The van der Waals surface area contributed by atoms with Crippen molar-refractivity contribution < 1.29 is 74.4 Å². The van der Waals surface area contributed by atoms with E-state index in [1.807, 2.05) is 122 Å². The Morgan fingerprint density at radius 1 is 0.267 bits per heavy atom. The second kappa shape index (κ2) is 45.7. The zero-order chi connectivity index (χ0) is 98.5. The van der Waals surface area contributed by atoms with Crippen LogP contribution in [0.5, 0.6) is 23.0 Å². The summed E-state index contributed by atoms with van der Waals surface area (Å²) < 4.78 is 0. The van der Waals surface area contributed by atoms with Crippen LogP contribution in [0.1, 0.15) is 107 Å². The minimum Gasteiger partial charge on any atom is -0.507 e. The first-order chi connectivity index (χ1) is 70.7. The van der Waals surface area contributed by atoms with Gasteiger partial charge in [0.1, 0.15) is 35.1 Å². The number of allylic oxidation sites excluding steroid dienone is 4. The van der Waals surface area contributed by atoms with Gasteiger partial charge in [0.25, 0.3) is 11.9 Å². The Labute approximate surface area is 871 Å². The van der Waals surface area contributed by atoms with Crippen LogP contribution in [-0.4, -0.2) is 79.5 Å². The molecule has 3 aliphatic carbocycles. The van der Waals surface area contributed by atoms with Gasteiger partial charge in [0, 0.05) is 128 Å². The Hall–Kier alpha value is -16.7. The van der Waals surface area contributed by atoms with Crippen LogP contribution >= 0.6 is 0 Å². The SMILES string of the molecule is CC(=O)O.CC(=O)O.Oc1c(C=NC(c2ccccc2)C(N=Cc2cc3ccccc3c(-c3c(-c4ccccc4)ccc4ccccc34)c2O)c2ccccc2)cc2ccccc2c1-c1c(-c2ccccc2)ccc2c1CC=CC2.Oc1c(C=NC2CCCCC2N=Cc2cc3ccccc3c(-c3c(-c4ccccc4)ccc4ccccc34)c2O)cc2ccccc2c1-c1c(-c2ccccc2)ccc2c1CC=CC2.[Mn].[Mn]. The molecule has 12 nitrogen and oxygen atoms in total. The third-order valence-corrected chi connectivity index (χ3v) is 27.7. The number of aliphatic imine (C=N–C) groups is 4. The number of hydrogen-bond acceptors (Lipinski definition) is 10. The molecule has 20 aromatic carbocycles. The molecule has 0 saturated heterocycles. The summed E-state index contributed by atoms with van der Waals surface area (Å²) >= 11 is 0. The molecule has 3 aliphatic rings. The fourth-order valence-corrected chi connectivity index (χ4v) is 21.1. The van der Waals surface area contributed by atoms with Crippen LogP contribution in [0.4, 0.5) is 0 Å². The van der Waals surface area contributed by atoms with Gasteiger partial charge in [0.05, 0.1) is 12.1 Å². The predicted molar refractivity (Wildman–Crippen MR) is 595 cm³/mol. The minimum atomic E-state index is -0.833. The summed E-state index contributed by atoms with van der Waals surface area (Å²) in [5.74, 6) is -0.870. The molecule has 1 fully saturated rings. The van der Waals surface area contributed by atoms with Crippen LogP contribution < -0.4 is 0 Å². The normalized spacial score (nSPS) is 14.0. The Morgan fingerprint density at radius 2 is 0.500 bits per heavy atom. The number of carboxylic acid groups (broad SMARTS) is 2. The third-order valence-electron chi connectivity index (χ3n) is 27.7. The van der Waals surface area contributed by atoms with Crippen molar-refractivity contribution >= 4 is 101 Å². The number of phenols is 4. The molecule has 1 saturated carbocycles. The molecule has 14 heteroatoms. The maximum Gasteiger partial charge on any atom is 0.300 e. The summed E-state index contributed by atoms with van der Waals surface area (Å²) in [6.45, 7) is 2.17. The predicted octanol–water partition coefficient (Wildman–Crippen LogP) is 31.8. The summed E-state index contributed by atoms with van der Waals surface area (Å²) in [6, 6.07) is 137. The van der Waals surface area contributed by atoms with E-state index < -0.39 is 24.0 Å². The average Bonchev–Trinajstić information content (AvgIpc) is 0.751.